The van der Waals surface area contributed by atoms with Gasteiger partial charge >= 0.3 is 5.69 Å². The van der Waals surface area contributed by atoms with Crippen LogP contribution in [0.25, 0.3) is 33.2 Å². The molecule has 1 saturated heterocycles. The number of hydrogen-bond acceptors (Lipinski definition) is 8. The average Bonchev–Trinajstić information content (AvgIpc) is 3.67. The van der Waals surface area contributed by atoms with Crippen LogP contribution in [0.2, 0.25) is 0 Å². The van der Waals surface area contributed by atoms with Gasteiger partial charge in [0.1, 0.15) is 11.7 Å². The number of fused-ring (bicyclic) bond motifs is 2. The number of amides is 2. The summed E-state index contributed by atoms with van der Waals surface area (Å²) in [6, 6.07) is 14.4. The van der Waals surface area contributed by atoms with Crippen LogP contribution in [0.1, 0.15) is 101 Å². The van der Waals surface area contributed by atoms with Crippen LogP contribution in [-0.4, -0.2) is 66.5 Å². The van der Waals surface area contributed by atoms with Crippen LogP contribution in [-0.2, 0) is 34.2 Å². The number of imidazole rings is 1. The SMILES string of the molecule is CCCCNc1ncc2c(-c3ccc(CCCCOCCCc4ccc5c(c4)n(C)c(=O)n5[C@H]4CCC(=O)NC4=O)cc3)cn(C3CCC(O)CC3)c2n1. The third-order valence-electron chi connectivity index (χ3n) is 11.1. The first-order valence-electron chi connectivity index (χ1n) is 19.8. The summed E-state index contributed by atoms with van der Waals surface area (Å²) in [7, 11) is 1.72. The summed E-state index contributed by atoms with van der Waals surface area (Å²) < 4.78 is 11.4. The number of nitrogens with one attached hydrogen (secondary N) is 2. The Bertz CT molecular complexity index is 2140. The van der Waals surface area contributed by atoms with Crippen molar-refractivity contribution in [3.8, 4) is 11.1 Å². The zero-order chi connectivity index (χ0) is 37.6. The summed E-state index contributed by atoms with van der Waals surface area (Å²) in [5.41, 5.74) is 6.91. The van der Waals surface area contributed by atoms with Crippen LogP contribution in [0, 0.1) is 0 Å². The van der Waals surface area contributed by atoms with Gasteiger partial charge in [-0.3, -0.25) is 24.0 Å². The van der Waals surface area contributed by atoms with E-state index in [0.717, 1.165) is 110 Å². The molecule has 1 aliphatic carbocycles. The van der Waals surface area contributed by atoms with Crippen LogP contribution in [0.4, 0.5) is 5.95 Å². The van der Waals surface area contributed by atoms with E-state index in [0.29, 0.717) is 37.1 Å². The normalized spacial score (nSPS) is 19.1. The van der Waals surface area contributed by atoms with Gasteiger partial charge in [-0.2, -0.15) is 4.98 Å². The quantitative estimate of drug-likeness (QED) is 0.0782. The number of anilines is 1. The Labute approximate surface area is 315 Å². The molecule has 0 radical (unpaired) electrons. The largest absolute Gasteiger partial charge is 0.393 e. The number of unbranched alkanes of at least 4 members (excludes halogenated alkanes) is 2. The molecule has 12 nitrogen and oxygen atoms in total. The molecule has 1 aliphatic heterocycles. The second kappa shape index (κ2) is 17.1. The maximum atomic E-state index is 13.0. The van der Waals surface area contributed by atoms with Crippen LogP contribution in [0.15, 0.2) is 59.7 Å². The molecular weight excluding hydrogens is 683 g/mol. The number of benzene rings is 2. The molecule has 12 heteroatoms. The number of aromatic nitrogens is 5. The van der Waals surface area contributed by atoms with Crippen molar-refractivity contribution >= 4 is 39.8 Å². The molecule has 54 heavy (non-hydrogen) atoms. The molecule has 0 spiro atoms. The van der Waals surface area contributed by atoms with Crippen molar-refractivity contribution in [3.63, 3.8) is 0 Å². The minimum absolute atomic E-state index is 0.203. The Morgan fingerprint density at radius 2 is 1.67 bits per heavy atom. The van der Waals surface area contributed by atoms with Gasteiger partial charge in [0.2, 0.25) is 17.8 Å². The molecule has 286 valence electrons. The smallest absolute Gasteiger partial charge is 0.329 e. The Morgan fingerprint density at radius 1 is 0.907 bits per heavy atom. The van der Waals surface area contributed by atoms with Gasteiger partial charge in [-0.1, -0.05) is 43.7 Å². The van der Waals surface area contributed by atoms with Gasteiger partial charge in [0, 0.05) is 62.6 Å². The van der Waals surface area contributed by atoms with Crippen LogP contribution >= 0.6 is 0 Å². The van der Waals surface area contributed by atoms with Crippen LogP contribution in [0.3, 0.4) is 0 Å². The Balaban J connectivity index is 0.885. The fourth-order valence-corrected chi connectivity index (χ4v) is 8.00. The molecule has 2 aromatic carbocycles. The first kappa shape index (κ1) is 37.5. The highest BCUT2D eigenvalue weighted by Gasteiger charge is 2.31. The van der Waals surface area contributed by atoms with E-state index in [1.54, 1.807) is 11.6 Å². The summed E-state index contributed by atoms with van der Waals surface area (Å²) in [5.74, 6) is -0.0477. The number of carbonyl (C=O) groups excluding carboxylic acids is 2. The van der Waals surface area contributed by atoms with Gasteiger partial charge in [-0.25, -0.2) is 9.78 Å². The first-order valence-corrected chi connectivity index (χ1v) is 19.8. The molecule has 3 aromatic heterocycles. The monoisotopic (exact) mass is 735 g/mol. The number of nitrogens with zero attached hydrogens (tertiary/aromatic N) is 5. The van der Waals surface area contributed by atoms with E-state index in [1.165, 1.54) is 10.1 Å². The number of hydrogen-bond donors (Lipinski definition) is 3. The lowest BCUT2D eigenvalue weighted by atomic mass is 9.93. The lowest BCUT2D eigenvalue weighted by Crippen LogP contribution is -2.44. The highest BCUT2D eigenvalue weighted by Crippen LogP contribution is 2.37. The maximum absolute atomic E-state index is 13.0. The predicted molar refractivity (Wildman–Crippen MR) is 211 cm³/mol. The van der Waals surface area contributed by atoms with Crippen molar-refractivity contribution in [1.29, 1.82) is 0 Å². The summed E-state index contributed by atoms with van der Waals surface area (Å²) >= 11 is 0. The lowest BCUT2D eigenvalue weighted by molar-refractivity contribution is -0.135. The topological polar surface area (TPSA) is 145 Å². The van der Waals surface area contributed by atoms with E-state index in [2.05, 4.69) is 57.6 Å². The molecule has 7 rings (SSSR count). The third-order valence-corrected chi connectivity index (χ3v) is 11.1. The molecule has 5 aromatic rings. The predicted octanol–water partition coefficient (Wildman–Crippen LogP) is 6.39. The molecule has 4 heterocycles. The molecule has 0 bridgehead atoms. The van der Waals surface area contributed by atoms with Gasteiger partial charge in [0.05, 0.1) is 17.1 Å². The maximum Gasteiger partial charge on any atom is 0.329 e. The molecule has 2 aliphatic rings. The zero-order valence-corrected chi connectivity index (χ0v) is 31.6. The third kappa shape index (κ3) is 8.29. The Hall–Kier alpha value is -4.81. The van der Waals surface area contributed by atoms with Gasteiger partial charge in [0.25, 0.3) is 0 Å². The molecule has 2 fully saturated rings. The van der Waals surface area contributed by atoms with E-state index in [9.17, 15) is 19.5 Å². The summed E-state index contributed by atoms with van der Waals surface area (Å²) in [4.78, 5) is 46.8. The second-order valence-corrected chi connectivity index (χ2v) is 15.0. The van der Waals surface area contributed by atoms with Crippen molar-refractivity contribution in [3.05, 3.63) is 76.5 Å². The van der Waals surface area contributed by atoms with E-state index in [-0.39, 0.29) is 24.1 Å². The van der Waals surface area contributed by atoms with E-state index in [4.69, 9.17) is 9.72 Å². The number of aryl methyl sites for hydroxylation is 3. The van der Waals surface area contributed by atoms with E-state index in [1.807, 2.05) is 24.4 Å². The van der Waals surface area contributed by atoms with E-state index < -0.39 is 11.9 Å². The fourth-order valence-electron chi connectivity index (χ4n) is 8.00. The minimum Gasteiger partial charge on any atom is -0.393 e. The molecule has 2 amide bonds. The molecule has 3 N–H and O–H groups in total. The number of ether oxygens (including phenoxy) is 1. The number of imide groups is 1. The molecular formula is C42H53N7O5. The molecule has 0 unspecified atom stereocenters. The zero-order valence-electron chi connectivity index (χ0n) is 31.6. The Kier molecular flexibility index (Phi) is 11.9. The number of aliphatic hydroxyl groups is 1. The lowest BCUT2D eigenvalue weighted by Gasteiger charge is -2.27. The molecule has 1 atom stereocenters. The van der Waals surface area contributed by atoms with Gasteiger partial charge in [-0.15, -0.1) is 0 Å². The second-order valence-electron chi connectivity index (χ2n) is 15.0. The van der Waals surface area contributed by atoms with Gasteiger partial charge in [0.15, 0.2) is 0 Å². The van der Waals surface area contributed by atoms with Crippen molar-refractivity contribution < 1.29 is 19.4 Å². The number of carbonyl (C=O) groups is 2. The van der Waals surface area contributed by atoms with Crippen LogP contribution in [0.5, 0.6) is 0 Å². The number of aliphatic hydroxyl groups excluding tert-OH is 1. The summed E-state index contributed by atoms with van der Waals surface area (Å²) in [5, 5.41) is 16.9. The van der Waals surface area contributed by atoms with Crippen molar-refractivity contribution in [2.75, 3.05) is 25.1 Å². The minimum atomic E-state index is -0.678. The molecule has 1 saturated carbocycles. The van der Waals surface area contributed by atoms with Gasteiger partial charge in [-0.05, 0) is 99.5 Å². The highest BCUT2D eigenvalue weighted by molar-refractivity contribution is 6.00. The summed E-state index contributed by atoms with van der Waals surface area (Å²) in [6.07, 6.45) is 15.0. The van der Waals surface area contributed by atoms with Crippen molar-refractivity contribution in [2.45, 2.75) is 109 Å². The standard InChI is InChI=1S/C42H53N7O5/c1-3-4-22-43-41-44-26-33-34(27-48(39(33)46-41)31-15-17-32(50)18-16-31)30-13-10-28(11-14-30)8-5-6-23-54-24-7-9-29-12-19-35-37(25-29)47(2)42(53)49(35)36-20-21-38(51)45-40(36)52/h10-14,19,25-27,31-32,36,50H,3-9,15-18,20-24H2,1-2H3,(H,43,44,46)(H,45,51,52)/t31?,32?,36-/m0/s1. The number of rotatable bonds is 16. The van der Waals surface area contributed by atoms with E-state index >= 15 is 0 Å². The first-order chi connectivity index (χ1) is 26.3. The van der Waals surface area contributed by atoms with Crippen molar-refractivity contribution in [2.24, 2.45) is 7.05 Å². The van der Waals surface area contributed by atoms with Gasteiger partial charge < -0.3 is 19.7 Å². The van der Waals surface area contributed by atoms with Crippen LogP contribution < -0.4 is 16.3 Å². The fraction of sp³-hybridized carbons (Fsp3) is 0.500. The Morgan fingerprint density at radius 3 is 2.44 bits per heavy atom. The summed E-state index contributed by atoms with van der Waals surface area (Å²) in [6.45, 7) is 4.41. The average molecular weight is 736 g/mol. The highest BCUT2D eigenvalue weighted by atomic mass is 16.5. The van der Waals surface area contributed by atoms with Crippen molar-refractivity contribution in [1.82, 2.24) is 29.0 Å². The number of piperidine rings is 1.